The van der Waals surface area contributed by atoms with Gasteiger partial charge < -0.3 is 5.32 Å². The molecule has 1 saturated heterocycles. The number of hydrogen-bond donors (Lipinski definition) is 1. The first kappa shape index (κ1) is 14.4. The van der Waals surface area contributed by atoms with Crippen LogP contribution in [0.15, 0.2) is 0 Å². The molecular weight excluding hydrogens is 272 g/mol. The van der Waals surface area contributed by atoms with E-state index in [0.717, 1.165) is 37.0 Å². The zero-order valence-electron chi connectivity index (χ0n) is 12.6. The number of nitrogens with zero attached hydrogens (tertiary/aromatic N) is 3. The largest absolute Gasteiger partial charge is 0.314 e. The van der Waals surface area contributed by atoms with Crippen molar-refractivity contribution in [3.05, 3.63) is 16.4 Å². The molecule has 4 nitrogen and oxygen atoms in total. The summed E-state index contributed by atoms with van der Waals surface area (Å²) in [5.74, 6) is 0. The van der Waals surface area contributed by atoms with Gasteiger partial charge in [0.25, 0.3) is 0 Å². The number of piperazine rings is 1. The first-order valence-electron chi connectivity index (χ1n) is 7.76. The number of aryl methyl sites for hydroxylation is 2. The molecule has 5 heteroatoms. The topological polar surface area (TPSA) is 33.1 Å². The highest BCUT2D eigenvalue weighted by molar-refractivity contribution is 6.30. The Hall–Kier alpha value is -0.580. The Bertz CT molecular complexity index is 468. The van der Waals surface area contributed by atoms with Crippen molar-refractivity contribution in [3.8, 4) is 0 Å². The zero-order chi connectivity index (χ0) is 14.2. The number of halogens is 1. The summed E-state index contributed by atoms with van der Waals surface area (Å²) in [5, 5.41) is 8.85. The summed E-state index contributed by atoms with van der Waals surface area (Å²) in [6.45, 7) is 6.34. The highest BCUT2D eigenvalue weighted by atomic mass is 35.5. The summed E-state index contributed by atoms with van der Waals surface area (Å²) in [7, 11) is 1.92. The lowest BCUT2D eigenvalue weighted by molar-refractivity contribution is 0.0207. The van der Waals surface area contributed by atoms with Gasteiger partial charge in [0.15, 0.2) is 0 Å². The lowest BCUT2D eigenvalue weighted by atomic mass is 9.79. The van der Waals surface area contributed by atoms with E-state index in [4.69, 9.17) is 11.6 Å². The second kappa shape index (κ2) is 5.66. The molecule has 2 fully saturated rings. The molecule has 0 atom stereocenters. The molecule has 1 N–H and O–H groups in total. The zero-order valence-corrected chi connectivity index (χ0v) is 13.3. The summed E-state index contributed by atoms with van der Waals surface area (Å²) in [6.07, 6.45) is 6.74. The van der Waals surface area contributed by atoms with E-state index in [1.54, 1.807) is 4.68 Å². The molecule has 1 aliphatic carbocycles. The minimum absolute atomic E-state index is 0.349. The molecule has 2 heterocycles. The molecule has 1 aromatic rings. The molecule has 1 aromatic heterocycles. The predicted octanol–water partition coefficient (Wildman–Crippen LogP) is 2.49. The average molecular weight is 297 g/mol. The third kappa shape index (κ3) is 2.49. The fourth-order valence-electron chi connectivity index (χ4n) is 3.88. The Morgan fingerprint density at radius 1 is 1.30 bits per heavy atom. The molecule has 0 radical (unpaired) electrons. The van der Waals surface area contributed by atoms with Gasteiger partial charge in [0, 0.05) is 44.3 Å². The summed E-state index contributed by atoms with van der Waals surface area (Å²) in [6, 6.07) is 0. The number of hydrogen-bond acceptors (Lipinski definition) is 3. The third-order valence-electron chi connectivity index (χ3n) is 5.09. The van der Waals surface area contributed by atoms with Crippen LogP contribution >= 0.6 is 11.6 Å². The maximum Gasteiger partial charge on any atom is 0.131 e. The number of aromatic nitrogens is 2. The van der Waals surface area contributed by atoms with Crippen LogP contribution in [0.3, 0.4) is 0 Å². The molecule has 1 spiro atoms. The SMILES string of the molecule is Cc1nn(C)c(Cl)c1CN1CCNCC12CCCCC2. The summed E-state index contributed by atoms with van der Waals surface area (Å²) in [5.41, 5.74) is 2.63. The third-order valence-corrected chi connectivity index (χ3v) is 5.56. The van der Waals surface area contributed by atoms with Gasteiger partial charge in [-0.2, -0.15) is 5.10 Å². The van der Waals surface area contributed by atoms with Gasteiger partial charge in [-0.25, -0.2) is 0 Å². The van der Waals surface area contributed by atoms with Crippen molar-refractivity contribution < 1.29 is 0 Å². The standard InChI is InChI=1S/C15H25ClN4/c1-12-13(14(16)19(2)18-12)10-20-9-8-17-11-15(20)6-4-3-5-7-15/h17H,3-11H2,1-2H3. The van der Waals surface area contributed by atoms with E-state index in [1.807, 2.05) is 7.05 Å². The lowest BCUT2D eigenvalue weighted by Crippen LogP contribution is -2.61. The Morgan fingerprint density at radius 3 is 2.70 bits per heavy atom. The predicted molar refractivity (Wildman–Crippen MR) is 82.1 cm³/mol. The molecule has 0 bridgehead atoms. The van der Waals surface area contributed by atoms with Gasteiger partial charge in [0.2, 0.25) is 0 Å². The Morgan fingerprint density at radius 2 is 2.05 bits per heavy atom. The van der Waals surface area contributed by atoms with E-state index in [1.165, 1.54) is 37.7 Å². The minimum Gasteiger partial charge on any atom is -0.314 e. The molecule has 2 aliphatic rings. The van der Waals surface area contributed by atoms with Gasteiger partial charge in [-0.1, -0.05) is 30.9 Å². The van der Waals surface area contributed by atoms with E-state index in [-0.39, 0.29) is 0 Å². The van der Waals surface area contributed by atoms with Crippen molar-refractivity contribution in [1.82, 2.24) is 20.0 Å². The summed E-state index contributed by atoms with van der Waals surface area (Å²) in [4.78, 5) is 2.67. The van der Waals surface area contributed by atoms with Crippen molar-refractivity contribution in [1.29, 1.82) is 0 Å². The number of rotatable bonds is 2. The van der Waals surface area contributed by atoms with Gasteiger partial charge in [-0.15, -0.1) is 0 Å². The molecule has 1 saturated carbocycles. The second-order valence-electron chi connectivity index (χ2n) is 6.36. The fourth-order valence-corrected chi connectivity index (χ4v) is 4.11. The van der Waals surface area contributed by atoms with Crippen LogP contribution in [0.1, 0.15) is 43.4 Å². The highest BCUT2D eigenvalue weighted by Crippen LogP contribution is 2.36. The van der Waals surface area contributed by atoms with E-state index in [9.17, 15) is 0 Å². The van der Waals surface area contributed by atoms with Crippen LogP contribution in [-0.2, 0) is 13.6 Å². The van der Waals surface area contributed by atoms with Gasteiger partial charge in [-0.3, -0.25) is 9.58 Å². The van der Waals surface area contributed by atoms with Crippen LogP contribution in [0.4, 0.5) is 0 Å². The molecule has 0 aromatic carbocycles. The number of nitrogens with one attached hydrogen (secondary N) is 1. The maximum atomic E-state index is 6.42. The van der Waals surface area contributed by atoms with Crippen molar-refractivity contribution in [3.63, 3.8) is 0 Å². The van der Waals surface area contributed by atoms with Gasteiger partial charge in [-0.05, 0) is 19.8 Å². The fraction of sp³-hybridized carbons (Fsp3) is 0.800. The van der Waals surface area contributed by atoms with Crippen molar-refractivity contribution in [2.75, 3.05) is 19.6 Å². The first-order chi connectivity index (χ1) is 9.62. The molecule has 112 valence electrons. The molecule has 20 heavy (non-hydrogen) atoms. The van der Waals surface area contributed by atoms with Gasteiger partial charge >= 0.3 is 0 Å². The van der Waals surface area contributed by atoms with E-state index < -0.39 is 0 Å². The van der Waals surface area contributed by atoms with Gasteiger partial charge in [0.1, 0.15) is 5.15 Å². The van der Waals surface area contributed by atoms with Crippen LogP contribution in [0.25, 0.3) is 0 Å². The van der Waals surface area contributed by atoms with Gasteiger partial charge in [0.05, 0.1) is 5.69 Å². The quantitative estimate of drug-likeness (QED) is 0.910. The molecule has 0 unspecified atom stereocenters. The maximum absolute atomic E-state index is 6.42. The minimum atomic E-state index is 0.349. The van der Waals surface area contributed by atoms with E-state index in [0.29, 0.717) is 5.54 Å². The van der Waals surface area contributed by atoms with Crippen LogP contribution in [-0.4, -0.2) is 39.9 Å². The summed E-state index contributed by atoms with van der Waals surface area (Å²) >= 11 is 6.42. The monoisotopic (exact) mass is 296 g/mol. The first-order valence-corrected chi connectivity index (χ1v) is 8.14. The lowest BCUT2D eigenvalue weighted by Gasteiger charge is -2.50. The van der Waals surface area contributed by atoms with E-state index in [2.05, 4.69) is 22.2 Å². The van der Waals surface area contributed by atoms with Crippen molar-refractivity contribution >= 4 is 11.6 Å². The van der Waals surface area contributed by atoms with Crippen LogP contribution in [0, 0.1) is 6.92 Å². The second-order valence-corrected chi connectivity index (χ2v) is 6.72. The van der Waals surface area contributed by atoms with Crippen molar-refractivity contribution in [2.24, 2.45) is 7.05 Å². The normalized spacial score (nSPS) is 23.4. The Labute approximate surface area is 126 Å². The van der Waals surface area contributed by atoms with Crippen molar-refractivity contribution in [2.45, 2.75) is 51.1 Å². The molecule has 1 aliphatic heterocycles. The molecule has 3 rings (SSSR count). The molecule has 0 amide bonds. The Balaban J connectivity index is 1.83. The molecular formula is C15H25ClN4. The Kier molecular flexibility index (Phi) is 4.07. The smallest absolute Gasteiger partial charge is 0.131 e. The highest BCUT2D eigenvalue weighted by Gasteiger charge is 2.40. The van der Waals surface area contributed by atoms with Crippen LogP contribution in [0.5, 0.6) is 0 Å². The average Bonchev–Trinajstić information content (AvgIpc) is 2.69. The van der Waals surface area contributed by atoms with Crippen LogP contribution < -0.4 is 5.32 Å². The van der Waals surface area contributed by atoms with Crippen LogP contribution in [0.2, 0.25) is 5.15 Å². The van der Waals surface area contributed by atoms with E-state index >= 15 is 0 Å². The summed E-state index contributed by atoms with van der Waals surface area (Å²) < 4.78 is 1.79.